The Hall–Kier alpha value is -2.49. The molecule has 0 bridgehead atoms. The Balaban J connectivity index is 2.02. The van der Waals surface area contributed by atoms with Crippen molar-refractivity contribution in [3.63, 3.8) is 0 Å². The lowest BCUT2D eigenvalue weighted by molar-refractivity contribution is 0.0952. The molecule has 0 saturated heterocycles. The summed E-state index contributed by atoms with van der Waals surface area (Å²) in [4.78, 5) is 30.0. The number of hydrogen-bond acceptors (Lipinski definition) is 3. The molecule has 94 valence electrons. The zero-order valence-corrected chi connectivity index (χ0v) is 10.2. The molecular formula is C15H12N2O2. The van der Waals surface area contributed by atoms with Crippen LogP contribution in [0.5, 0.6) is 0 Å². The third kappa shape index (κ3) is 2.01. The molecule has 2 aromatic rings. The van der Waals surface area contributed by atoms with Crippen molar-refractivity contribution < 1.29 is 9.59 Å². The molecule has 1 aliphatic rings. The lowest BCUT2D eigenvalue weighted by Gasteiger charge is -2.28. The highest BCUT2D eigenvalue weighted by molar-refractivity contribution is 6.12. The zero-order valence-electron chi connectivity index (χ0n) is 10.2. The number of anilines is 1. The van der Waals surface area contributed by atoms with Crippen molar-refractivity contribution in [2.24, 2.45) is 0 Å². The van der Waals surface area contributed by atoms with Gasteiger partial charge in [-0.05, 0) is 24.3 Å². The van der Waals surface area contributed by atoms with Gasteiger partial charge in [0.25, 0.3) is 5.91 Å². The summed E-state index contributed by atoms with van der Waals surface area (Å²) in [6.45, 7) is 0.408. The molecule has 0 atom stereocenters. The topological polar surface area (TPSA) is 50.3 Å². The monoisotopic (exact) mass is 252 g/mol. The second kappa shape index (κ2) is 4.65. The molecule has 0 aliphatic carbocycles. The third-order valence-corrected chi connectivity index (χ3v) is 3.19. The van der Waals surface area contributed by atoms with E-state index in [1.807, 2.05) is 12.1 Å². The predicted molar refractivity (Wildman–Crippen MR) is 71.3 cm³/mol. The van der Waals surface area contributed by atoms with E-state index < -0.39 is 0 Å². The number of rotatable bonds is 1. The number of hydrogen-bond donors (Lipinski definition) is 0. The number of nitrogens with zero attached hydrogens (tertiary/aromatic N) is 2. The summed E-state index contributed by atoms with van der Waals surface area (Å²) in [6.07, 6.45) is 1.95. The van der Waals surface area contributed by atoms with Gasteiger partial charge in [-0.2, -0.15) is 0 Å². The molecule has 1 amide bonds. The molecule has 1 aromatic heterocycles. The van der Waals surface area contributed by atoms with Gasteiger partial charge in [0.2, 0.25) is 0 Å². The molecule has 3 rings (SSSR count). The number of carbonyl (C=O) groups excluding carboxylic acids is 2. The van der Waals surface area contributed by atoms with Crippen LogP contribution in [0.2, 0.25) is 0 Å². The highest BCUT2D eigenvalue weighted by atomic mass is 16.2. The summed E-state index contributed by atoms with van der Waals surface area (Å²) in [5.41, 5.74) is 1.68. The van der Waals surface area contributed by atoms with E-state index in [2.05, 4.69) is 4.98 Å². The van der Waals surface area contributed by atoms with Crippen LogP contribution in [0, 0.1) is 0 Å². The Kier molecular flexibility index (Phi) is 2.83. The Labute approximate surface area is 110 Å². The van der Waals surface area contributed by atoms with Gasteiger partial charge in [-0.3, -0.25) is 14.6 Å². The Morgan fingerprint density at radius 3 is 2.68 bits per heavy atom. The number of aromatic nitrogens is 1. The molecule has 0 N–H and O–H groups in total. The number of benzene rings is 1. The fourth-order valence-electron chi connectivity index (χ4n) is 2.25. The lowest BCUT2D eigenvalue weighted by atomic mass is 10.00. The van der Waals surface area contributed by atoms with Crippen LogP contribution >= 0.6 is 0 Å². The summed E-state index contributed by atoms with van der Waals surface area (Å²) >= 11 is 0. The second-order valence-corrected chi connectivity index (χ2v) is 4.36. The fraction of sp³-hybridized carbons (Fsp3) is 0.133. The van der Waals surface area contributed by atoms with Gasteiger partial charge in [-0.15, -0.1) is 0 Å². The normalized spacial score (nSPS) is 14.1. The Bertz CT molecular complexity index is 638. The minimum absolute atomic E-state index is 0.0840. The Morgan fingerprint density at radius 2 is 1.89 bits per heavy atom. The summed E-state index contributed by atoms with van der Waals surface area (Å²) in [6, 6.07) is 12.4. The fourth-order valence-corrected chi connectivity index (χ4v) is 2.25. The van der Waals surface area contributed by atoms with Gasteiger partial charge >= 0.3 is 0 Å². The minimum atomic E-state index is -0.166. The quantitative estimate of drug-likeness (QED) is 0.782. The van der Waals surface area contributed by atoms with Crippen LogP contribution in [0.25, 0.3) is 0 Å². The van der Waals surface area contributed by atoms with Crippen LogP contribution in [-0.4, -0.2) is 23.2 Å². The molecule has 0 saturated carbocycles. The maximum absolute atomic E-state index is 12.4. The summed E-state index contributed by atoms with van der Waals surface area (Å²) in [7, 11) is 0. The number of fused-ring (bicyclic) bond motifs is 1. The highest BCUT2D eigenvalue weighted by Crippen LogP contribution is 2.27. The van der Waals surface area contributed by atoms with Crippen molar-refractivity contribution in [1.82, 2.24) is 4.98 Å². The molecule has 0 radical (unpaired) electrons. The molecule has 4 nitrogen and oxygen atoms in total. The number of pyridine rings is 1. The van der Waals surface area contributed by atoms with Crippen LogP contribution in [0.3, 0.4) is 0 Å². The molecule has 2 heterocycles. The first-order chi connectivity index (χ1) is 9.27. The summed E-state index contributed by atoms with van der Waals surface area (Å²) in [5, 5.41) is 0. The smallest absolute Gasteiger partial charge is 0.276 e. The SMILES string of the molecule is O=C1CCN(C(=O)c2ccccn2)c2ccccc21. The van der Waals surface area contributed by atoms with E-state index in [0.717, 1.165) is 0 Å². The van der Waals surface area contributed by atoms with Crippen molar-refractivity contribution in [2.75, 3.05) is 11.4 Å². The molecule has 0 spiro atoms. The van der Waals surface area contributed by atoms with E-state index >= 15 is 0 Å². The van der Waals surface area contributed by atoms with Gasteiger partial charge in [0.1, 0.15) is 5.69 Å². The van der Waals surface area contributed by atoms with Crippen molar-refractivity contribution in [3.05, 3.63) is 59.9 Å². The van der Waals surface area contributed by atoms with Gasteiger partial charge in [0.05, 0.1) is 5.69 Å². The highest BCUT2D eigenvalue weighted by Gasteiger charge is 2.27. The first-order valence-corrected chi connectivity index (χ1v) is 6.12. The standard InChI is InChI=1S/C15H12N2O2/c18-14-8-10-17(13-7-2-1-5-11(13)14)15(19)12-6-3-4-9-16-12/h1-7,9H,8,10H2. The van der Waals surface area contributed by atoms with Crippen molar-refractivity contribution in [2.45, 2.75) is 6.42 Å². The van der Waals surface area contributed by atoms with E-state index in [1.165, 1.54) is 0 Å². The van der Waals surface area contributed by atoms with Crippen LogP contribution < -0.4 is 4.90 Å². The predicted octanol–water partition coefficient (Wildman–Crippen LogP) is 2.31. The average molecular weight is 252 g/mol. The lowest BCUT2D eigenvalue weighted by Crippen LogP contribution is -2.37. The molecule has 0 unspecified atom stereocenters. The van der Waals surface area contributed by atoms with E-state index in [9.17, 15) is 9.59 Å². The number of para-hydroxylation sites is 1. The van der Waals surface area contributed by atoms with Crippen LogP contribution in [-0.2, 0) is 0 Å². The van der Waals surface area contributed by atoms with Crippen molar-refractivity contribution >= 4 is 17.4 Å². The average Bonchev–Trinajstić information content (AvgIpc) is 2.48. The number of Topliss-reactive ketones (excluding diaryl/α,β-unsaturated/α-hetero) is 1. The van der Waals surface area contributed by atoms with Crippen LogP contribution in [0.15, 0.2) is 48.7 Å². The maximum atomic E-state index is 12.4. The second-order valence-electron chi connectivity index (χ2n) is 4.36. The summed E-state index contributed by atoms with van der Waals surface area (Å²) in [5.74, 6) is -0.0822. The van der Waals surface area contributed by atoms with Gasteiger partial charge in [0.15, 0.2) is 5.78 Å². The third-order valence-electron chi connectivity index (χ3n) is 3.19. The minimum Gasteiger partial charge on any atom is -0.306 e. The number of amides is 1. The van der Waals surface area contributed by atoms with Gasteiger partial charge in [-0.25, -0.2) is 0 Å². The number of carbonyl (C=O) groups is 2. The van der Waals surface area contributed by atoms with Crippen molar-refractivity contribution in [3.8, 4) is 0 Å². The molecule has 4 heteroatoms. The summed E-state index contributed by atoms with van der Waals surface area (Å²) < 4.78 is 0. The van der Waals surface area contributed by atoms with E-state index in [1.54, 1.807) is 41.4 Å². The molecular weight excluding hydrogens is 240 g/mol. The van der Waals surface area contributed by atoms with Gasteiger partial charge < -0.3 is 4.90 Å². The van der Waals surface area contributed by atoms with E-state index in [0.29, 0.717) is 29.9 Å². The molecule has 1 aliphatic heterocycles. The van der Waals surface area contributed by atoms with Gasteiger partial charge in [-0.1, -0.05) is 18.2 Å². The first-order valence-electron chi connectivity index (χ1n) is 6.12. The largest absolute Gasteiger partial charge is 0.306 e. The molecule has 1 aromatic carbocycles. The van der Waals surface area contributed by atoms with Crippen LogP contribution in [0.4, 0.5) is 5.69 Å². The maximum Gasteiger partial charge on any atom is 0.276 e. The molecule has 0 fully saturated rings. The zero-order chi connectivity index (χ0) is 13.2. The number of ketones is 1. The Morgan fingerprint density at radius 1 is 1.11 bits per heavy atom. The van der Waals surface area contributed by atoms with Crippen LogP contribution in [0.1, 0.15) is 27.3 Å². The van der Waals surface area contributed by atoms with E-state index in [4.69, 9.17) is 0 Å². The van der Waals surface area contributed by atoms with Crippen molar-refractivity contribution in [1.29, 1.82) is 0 Å². The first kappa shape index (κ1) is 11.6. The van der Waals surface area contributed by atoms with Gasteiger partial charge in [0, 0.05) is 24.7 Å². The van der Waals surface area contributed by atoms with E-state index in [-0.39, 0.29) is 11.7 Å². The molecule has 19 heavy (non-hydrogen) atoms.